The van der Waals surface area contributed by atoms with Crippen LogP contribution in [0.15, 0.2) is 53.0 Å². The largest absolute Gasteiger partial charge is 0.491 e. The lowest BCUT2D eigenvalue weighted by Crippen LogP contribution is -2.44. The second kappa shape index (κ2) is 10.1. The molecule has 1 aliphatic rings. The maximum atomic E-state index is 12.6. The maximum absolute atomic E-state index is 12.6. The van der Waals surface area contributed by atoms with Crippen molar-refractivity contribution < 1.29 is 9.53 Å². The zero-order valence-corrected chi connectivity index (χ0v) is 18.2. The molecule has 1 fully saturated rings. The number of para-hydroxylation sites is 1. The lowest BCUT2D eigenvalue weighted by Gasteiger charge is -2.32. The predicted molar refractivity (Wildman–Crippen MR) is 116 cm³/mol. The van der Waals surface area contributed by atoms with E-state index in [1.165, 1.54) is 5.56 Å². The third kappa shape index (κ3) is 6.08. The number of amides is 1. The summed E-state index contributed by atoms with van der Waals surface area (Å²) < 4.78 is 6.96. The van der Waals surface area contributed by atoms with Gasteiger partial charge in [0.2, 0.25) is 5.91 Å². The molecule has 28 heavy (non-hydrogen) atoms. The molecule has 150 valence electrons. The van der Waals surface area contributed by atoms with E-state index in [0.29, 0.717) is 6.61 Å². The lowest BCUT2D eigenvalue weighted by molar-refractivity contribution is -0.127. The van der Waals surface area contributed by atoms with E-state index in [-0.39, 0.29) is 17.9 Å². The van der Waals surface area contributed by atoms with Crippen LogP contribution in [0.2, 0.25) is 0 Å². The highest BCUT2D eigenvalue weighted by molar-refractivity contribution is 9.10. The molecule has 1 N–H and O–H groups in total. The minimum Gasteiger partial charge on any atom is -0.491 e. The molecule has 4 nitrogen and oxygen atoms in total. The molecule has 5 heteroatoms. The average Bonchev–Trinajstić information content (AvgIpc) is 2.69. The van der Waals surface area contributed by atoms with Crippen LogP contribution in [-0.2, 0) is 11.3 Å². The van der Waals surface area contributed by atoms with Crippen LogP contribution in [-0.4, -0.2) is 36.5 Å². The van der Waals surface area contributed by atoms with Gasteiger partial charge in [-0.05, 0) is 69.1 Å². The molecule has 1 amide bonds. The number of carbonyl (C=O) groups is 1. The molecule has 0 bridgehead atoms. The first-order valence-corrected chi connectivity index (χ1v) is 10.8. The van der Waals surface area contributed by atoms with Crippen molar-refractivity contribution in [3.8, 4) is 5.75 Å². The number of halogens is 1. The second-order valence-electron chi connectivity index (χ2n) is 7.66. The second-order valence-corrected chi connectivity index (χ2v) is 8.58. The number of carbonyl (C=O) groups excluding carboxylic acids is 1. The van der Waals surface area contributed by atoms with Crippen molar-refractivity contribution >= 4 is 21.8 Å². The molecule has 2 aromatic rings. The third-order valence-corrected chi connectivity index (χ3v) is 5.78. The van der Waals surface area contributed by atoms with Gasteiger partial charge in [0.25, 0.3) is 0 Å². The van der Waals surface area contributed by atoms with Gasteiger partial charge in [0, 0.05) is 16.9 Å². The Bertz CT molecular complexity index is 770. The molecule has 0 aliphatic carbocycles. The zero-order valence-electron chi connectivity index (χ0n) is 16.7. The molecule has 0 aromatic heterocycles. The number of ether oxygens (including phenoxy) is 1. The third-order valence-electron chi connectivity index (χ3n) is 5.25. The number of nitrogens with one attached hydrogen (secondary N) is 1. The first kappa shape index (κ1) is 20.9. The average molecular weight is 445 g/mol. The molecular weight excluding hydrogens is 416 g/mol. The highest BCUT2D eigenvalue weighted by Crippen LogP contribution is 2.21. The number of piperidine rings is 1. The van der Waals surface area contributed by atoms with E-state index in [9.17, 15) is 4.79 Å². The Morgan fingerprint density at radius 1 is 1.18 bits per heavy atom. The number of benzene rings is 2. The van der Waals surface area contributed by atoms with E-state index in [2.05, 4.69) is 50.4 Å². The van der Waals surface area contributed by atoms with E-state index in [4.69, 9.17) is 4.74 Å². The standard InChI is InChI=1S/C23H29BrN2O2/c1-17-5-3-4-6-22(17)28-16-18(2)25-23(27)20-11-13-26(14-12-20)15-19-7-9-21(24)10-8-19/h3-10,18,20H,11-16H2,1-2H3,(H,25,27)/t18-/m0/s1. The summed E-state index contributed by atoms with van der Waals surface area (Å²) in [7, 11) is 0. The molecule has 1 atom stereocenters. The lowest BCUT2D eigenvalue weighted by atomic mass is 9.95. The summed E-state index contributed by atoms with van der Waals surface area (Å²) in [6.45, 7) is 7.38. The van der Waals surface area contributed by atoms with Crippen LogP contribution >= 0.6 is 15.9 Å². The normalized spacial score (nSPS) is 16.5. The van der Waals surface area contributed by atoms with Crippen molar-refractivity contribution in [2.75, 3.05) is 19.7 Å². The van der Waals surface area contributed by atoms with Gasteiger partial charge in [0.15, 0.2) is 0 Å². The zero-order chi connectivity index (χ0) is 19.9. The summed E-state index contributed by atoms with van der Waals surface area (Å²) in [5, 5.41) is 3.12. The fourth-order valence-electron chi connectivity index (χ4n) is 3.54. The Morgan fingerprint density at radius 3 is 2.54 bits per heavy atom. The SMILES string of the molecule is Cc1ccccc1OC[C@H](C)NC(=O)C1CCN(Cc2ccc(Br)cc2)CC1. The molecule has 0 spiro atoms. The first-order chi connectivity index (χ1) is 13.5. The van der Waals surface area contributed by atoms with Crippen molar-refractivity contribution in [1.82, 2.24) is 10.2 Å². The van der Waals surface area contributed by atoms with Crippen LogP contribution in [0.5, 0.6) is 5.75 Å². The first-order valence-electron chi connectivity index (χ1n) is 9.97. The molecule has 3 rings (SSSR count). The summed E-state index contributed by atoms with van der Waals surface area (Å²) in [6.07, 6.45) is 1.82. The monoisotopic (exact) mass is 444 g/mol. The van der Waals surface area contributed by atoms with E-state index >= 15 is 0 Å². The van der Waals surface area contributed by atoms with E-state index in [1.54, 1.807) is 0 Å². The smallest absolute Gasteiger partial charge is 0.223 e. The molecule has 1 heterocycles. The van der Waals surface area contributed by atoms with Gasteiger partial charge >= 0.3 is 0 Å². The molecule has 1 saturated heterocycles. The number of likely N-dealkylation sites (tertiary alicyclic amines) is 1. The summed E-state index contributed by atoms with van der Waals surface area (Å²) in [6, 6.07) is 16.4. The molecule has 0 saturated carbocycles. The van der Waals surface area contributed by atoms with Gasteiger partial charge in [-0.15, -0.1) is 0 Å². The minimum atomic E-state index is -0.00657. The van der Waals surface area contributed by atoms with Crippen LogP contribution < -0.4 is 10.1 Å². The number of hydrogen-bond donors (Lipinski definition) is 1. The summed E-state index contributed by atoms with van der Waals surface area (Å²) in [5.41, 5.74) is 2.42. The molecule has 0 radical (unpaired) electrons. The fourth-order valence-corrected chi connectivity index (χ4v) is 3.80. The molecule has 2 aromatic carbocycles. The quantitative estimate of drug-likeness (QED) is 0.680. The topological polar surface area (TPSA) is 41.6 Å². The highest BCUT2D eigenvalue weighted by Gasteiger charge is 2.25. The summed E-state index contributed by atoms with van der Waals surface area (Å²) >= 11 is 3.47. The van der Waals surface area contributed by atoms with Gasteiger partial charge in [-0.3, -0.25) is 9.69 Å². The predicted octanol–water partition coefficient (Wildman–Crippen LogP) is 4.55. The van der Waals surface area contributed by atoms with Crippen LogP contribution in [0, 0.1) is 12.8 Å². The van der Waals surface area contributed by atoms with Crippen molar-refractivity contribution in [1.29, 1.82) is 0 Å². The Morgan fingerprint density at radius 2 is 1.86 bits per heavy atom. The minimum absolute atomic E-state index is 0.00657. The van der Waals surface area contributed by atoms with E-state index < -0.39 is 0 Å². The van der Waals surface area contributed by atoms with E-state index in [0.717, 1.165) is 48.3 Å². The number of aryl methyl sites for hydroxylation is 1. The van der Waals surface area contributed by atoms with Gasteiger partial charge in [-0.2, -0.15) is 0 Å². The number of rotatable bonds is 7. The van der Waals surface area contributed by atoms with Crippen LogP contribution in [0.3, 0.4) is 0 Å². The summed E-state index contributed by atoms with van der Waals surface area (Å²) in [5.74, 6) is 1.14. The molecule has 1 aliphatic heterocycles. The van der Waals surface area contributed by atoms with Crippen molar-refractivity contribution in [2.24, 2.45) is 5.92 Å². The van der Waals surface area contributed by atoms with Gasteiger partial charge in [-0.1, -0.05) is 46.3 Å². The van der Waals surface area contributed by atoms with Crippen LogP contribution in [0.1, 0.15) is 30.9 Å². The van der Waals surface area contributed by atoms with Crippen molar-refractivity contribution in [3.63, 3.8) is 0 Å². The van der Waals surface area contributed by atoms with Crippen LogP contribution in [0.4, 0.5) is 0 Å². The van der Waals surface area contributed by atoms with E-state index in [1.807, 2.05) is 38.1 Å². The fraction of sp³-hybridized carbons (Fsp3) is 0.435. The number of nitrogens with zero attached hydrogens (tertiary/aromatic N) is 1. The van der Waals surface area contributed by atoms with Crippen molar-refractivity contribution in [3.05, 3.63) is 64.1 Å². The van der Waals surface area contributed by atoms with Gasteiger partial charge in [-0.25, -0.2) is 0 Å². The Labute approximate surface area is 176 Å². The van der Waals surface area contributed by atoms with Gasteiger partial charge in [0.1, 0.15) is 12.4 Å². The van der Waals surface area contributed by atoms with Gasteiger partial charge < -0.3 is 10.1 Å². The van der Waals surface area contributed by atoms with Gasteiger partial charge in [0.05, 0.1) is 6.04 Å². The van der Waals surface area contributed by atoms with Crippen LogP contribution in [0.25, 0.3) is 0 Å². The Balaban J connectivity index is 1.39. The molecular formula is C23H29BrN2O2. The van der Waals surface area contributed by atoms with Crippen molar-refractivity contribution in [2.45, 2.75) is 39.3 Å². The maximum Gasteiger partial charge on any atom is 0.223 e. The highest BCUT2D eigenvalue weighted by atomic mass is 79.9. The Kier molecular flexibility index (Phi) is 7.51. The summed E-state index contributed by atoms with van der Waals surface area (Å²) in [4.78, 5) is 15.0. The Hall–Kier alpha value is -1.85. The molecule has 0 unspecified atom stereocenters. The number of hydrogen-bond acceptors (Lipinski definition) is 3.